The molecule has 2 aromatic rings. The molecule has 3 rings (SSSR count). The fourth-order valence-corrected chi connectivity index (χ4v) is 2.84. The lowest BCUT2D eigenvalue weighted by molar-refractivity contribution is -0.141. The molecule has 0 saturated carbocycles. The topological polar surface area (TPSA) is 88.3 Å². The number of alkyl halides is 3. The maximum absolute atomic E-state index is 12.7. The fraction of sp³-hybridized carbons (Fsp3) is 0.444. The summed E-state index contributed by atoms with van der Waals surface area (Å²) >= 11 is 0. The van der Waals surface area contributed by atoms with Gasteiger partial charge in [0.2, 0.25) is 17.7 Å². The molecule has 3 heterocycles. The Morgan fingerprint density at radius 1 is 1.25 bits per heavy atom. The van der Waals surface area contributed by atoms with Crippen LogP contribution in [0.5, 0.6) is 0 Å². The van der Waals surface area contributed by atoms with Gasteiger partial charge in [0.1, 0.15) is 11.7 Å². The Kier molecular flexibility index (Phi) is 4.90. The number of anilines is 2. The van der Waals surface area contributed by atoms with E-state index in [9.17, 15) is 22.8 Å². The normalized spacial score (nSPS) is 17.9. The molecule has 0 spiro atoms. The summed E-state index contributed by atoms with van der Waals surface area (Å²) < 4.78 is 43.2. The summed E-state index contributed by atoms with van der Waals surface area (Å²) in [5.41, 5.74) is -0.564. The average molecular weight is 396 g/mol. The van der Waals surface area contributed by atoms with E-state index in [0.29, 0.717) is 5.69 Å². The van der Waals surface area contributed by atoms with Crippen molar-refractivity contribution in [1.82, 2.24) is 10.1 Å². The molecule has 28 heavy (non-hydrogen) atoms. The van der Waals surface area contributed by atoms with E-state index >= 15 is 0 Å². The van der Waals surface area contributed by atoms with Crippen molar-refractivity contribution in [3.63, 3.8) is 0 Å². The third kappa shape index (κ3) is 4.00. The van der Waals surface area contributed by atoms with Gasteiger partial charge < -0.3 is 4.52 Å². The van der Waals surface area contributed by atoms with Crippen LogP contribution in [-0.2, 0) is 21.2 Å². The maximum atomic E-state index is 12.7. The van der Waals surface area contributed by atoms with Gasteiger partial charge in [-0.1, -0.05) is 25.9 Å². The van der Waals surface area contributed by atoms with E-state index in [1.807, 2.05) is 20.8 Å². The maximum Gasteiger partial charge on any atom is 0.433 e. The van der Waals surface area contributed by atoms with Crippen molar-refractivity contribution in [2.75, 3.05) is 10.2 Å². The van der Waals surface area contributed by atoms with E-state index in [1.165, 1.54) is 0 Å². The second-order valence-corrected chi connectivity index (χ2v) is 7.53. The van der Waals surface area contributed by atoms with Crippen molar-refractivity contribution < 1.29 is 27.3 Å². The van der Waals surface area contributed by atoms with Crippen molar-refractivity contribution in [3.05, 3.63) is 35.8 Å². The molecule has 0 aliphatic carbocycles. The minimum Gasteiger partial charge on any atom is -0.338 e. The van der Waals surface area contributed by atoms with Crippen LogP contribution in [0.4, 0.5) is 24.7 Å². The highest BCUT2D eigenvalue weighted by Crippen LogP contribution is 2.31. The summed E-state index contributed by atoms with van der Waals surface area (Å²) in [6.07, 6.45) is -3.31. The van der Waals surface area contributed by atoms with Gasteiger partial charge in [0.15, 0.2) is 0 Å². The zero-order valence-corrected chi connectivity index (χ0v) is 15.5. The van der Waals surface area contributed by atoms with Crippen molar-refractivity contribution in [2.24, 2.45) is 0 Å². The second kappa shape index (κ2) is 6.92. The minimum atomic E-state index is -4.58. The Labute approximate surface area is 158 Å². The van der Waals surface area contributed by atoms with E-state index in [4.69, 9.17) is 4.52 Å². The first-order chi connectivity index (χ1) is 13.0. The van der Waals surface area contributed by atoms with E-state index in [1.54, 1.807) is 6.07 Å². The summed E-state index contributed by atoms with van der Waals surface area (Å²) in [6, 6.07) is 2.63. The third-order valence-electron chi connectivity index (χ3n) is 4.36. The van der Waals surface area contributed by atoms with E-state index in [-0.39, 0.29) is 35.7 Å². The zero-order chi connectivity index (χ0) is 20.7. The predicted octanol–water partition coefficient (Wildman–Crippen LogP) is 3.52. The minimum absolute atomic E-state index is 0.1000. The molecular formula is C18H19F3N4O3. The number of rotatable bonds is 3. The zero-order valence-electron chi connectivity index (χ0n) is 15.5. The molecule has 1 N–H and O–H groups in total. The van der Waals surface area contributed by atoms with Gasteiger partial charge in [-0.2, -0.15) is 13.2 Å². The van der Waals surface area contributed by atoms with Crippen LogP contribution in [0.3, 0.4) is 0 Å². The Morgan fingerprint density at radius 3 is 2.50 bits per heavy atom. The number of carbonyl (C=O) groups is 2. The highest BCUT2D eigenvalue weighted by atomic mass is 19.4. The van der Waals surface area contributed by atoms with Gasteiger partial charge in [-0.25, -0.2) is 4.98 Å². The Balaban J connectivity index is 1.78. The number of hydrogen-bond donors (Lipinski definition) is 1. The van der Waals surface area contributed by atoms with Crippen molar-refractivity contribution >= 4 is 23.4 Å². The molecule has 1 fully saturated rings. The molecule has 150 valence electrons. The van der Waals surface area contributed by atoms with Gasteiger partial charge in [-0.15, -0.1) is 0 Å². The van der Waals surface area contributed by atoms with Crippen molar-refractivity contribution in [3.8, 4) is 0 Å². The first kappa shape index (κ1) is 19.8. The number of halogens is 3. The quantitative estimate of drug-likeness (QED) is 0.858. The monoisotopic (exact) mass is 396 g/mol. The number of nitrogens with zero attached hydrogens (tertiary/aromatic N) is 3. The summed E-state index contributed by atoms with van der Waals surface area (Å²) in [4.78, 5) is 29.4. The number of carbonyl (C=O) groups excluding carboxylic acids is 2. The van der Waals surface area contributed by atoms with Crippen LogP contribution in [0.1, 0.15) is 45.0 Å². The number of hydrogen-bond acceptors (Lipinski definition) is 5. The van der Waals surface area contributed by atoms with E-state index in [0.717, 1.165) is 23.2 Å². The van der Waals surface area contributed by atoms with Gasteiger partial charge in [0.25, 0.3) is 0 Å². The van der Waals surface area contributed by atoms with Crippen LogP contribution in [0, 0.1) is 0 Å². The van der Waals surface area contributed by atoms with Gasteiger partial charge >= 0.3 is 6.18 Å². The van der Waals surface area contributed by atoms with E-state index in [2.05, 4.69) is 15.5 Å². The first-order valence-electron chi connectivity index (χ1n) is 8.60. The molecule has 10 heteroatoms. The van der Waals surface area contributed by atoms with Crippen LogP contribution in [0.25, 0.3) is 0 Å². The second-order valence-electron chi connectivity index (χ2n) is 7.53. The number of pyridine rings is 1. The Morgan fingerprint density at radius 2 is 1.96 bits per heavy atom. The molecule has 1 saturated heterocycles. The Bertz CT molecular complexity index is 885. The number of nitrogens with one attached hydrogen (secondary N) is 1. The smallest absolute Gasteiger partial charge is 0.338 e. The van der Waals surface area contributed by atoms with Crippen LogP contribution < -0.4 is 10.2 Å². The van der Waals surface area contributed by atoms with Crippen molar-refractivity contribution in [2.45, 2.75) is 51.2 Å². The molecule has 0 aromatic carbocycles. The lowest BCUT2D eigenvalue weighted by Gasteiger charge is -2.23. The average Bonchev–Trinajstić information content (AvgIpc) is 3.20. The molecule has 2 aromatic heterocycles. The van der Waals surface area contributed by atoms with Gasteiger partial charge in [-0.3, -0.25) is 19.8 Å². The molecule has 0 bridgehead atoms. The SMILES string of the molecule is CC(C)(C)c1cc(NC(=O)[C@@H]2CCC(=O)N2c2ccc(C(F)(F)F)nc2)on1. The molecule has 1 aliphatic heterocycles. The lowest BCUT2D eigenvalue weighted by Crippen LogP contribution is -2.41. The van der Waals surface area contributed by atoms with Crippen LogP contribution >= 0.6 is 0 Å². The Hall–Kier alpha value is -2.91. The van der Waals surface area contributed by atoms with Gasteiger partial charge in [-0.05, 0) is 18.6 Å². The standard InChI is InChI=1S/C18H19F3N4O3/c1-17(2,3)13-8-14(28-24-13)23-16(27)11-5-7-15(26)25(11)10-4-6-12(22-9-10)18(19,20)21/h4,6,8-9,11H,5,7H2,1-3H3,(H,23,27)/t11-/m0/s1. The molecular weight excluding hydrogens is 377 g/mol. The fourth-order valence-electron chi connectivity index (χ4n) is 2.84. The largest absolute Gasteiger partial charge is 0.433 e. The molecule has 1 aliphatic rings. The third-order valence-corrected chi connectivity index (χ3v) is 4.36. The molecule has 0 unspecified atom stereocenters. The number of amides is 2. The lowest BCUT2D eigenvalue weighted by atomic mass is 9.92. The summed E-state index contributed by atoms with van der Waals surface area (Å²) in [7, 11) is 0. The van der Waals surface area contributed by atoms with Gasteiger partial charge in [0, 0.05) is 17.9 Å². The van der Waals surface area contributed by atoms with Crippen molar-refractivity contribution in [1.29, 1.82) is 0 Å². The molecule has 1 atom stereocenters. The highest BCUT2D eigenvalue weighted by molar-refractivity contribution is 6.07. The molecule has 2 amide bonds. The highest BCUT2D eigenvalue weighted by Gasteiger charge is 2.39. The van der Waals surface area contributed by atoms with Crippen LogP contribution in [0.2, 0.25) is 0 Å². The molecule has 7 nitrogen and oxygen atoms in total. The molecule has 0 radical (unpaired) electrons. The summed E-state index contributed by atoms with van der Waals surface area (Å²) in [5.74, 6) is -0.739. The van der Waals surface area contributed by atoms with Crippen LogP contribution in [0.15, 0.2) is 28.9 Å². The number of aromatic nitrogens is 2. The predicted molar refractivity (Wildman–Crippen MR) is 93.6 cm³/mol. The summed E-state index contributed by atoms with van der Waals surface area (Å²) in [6.45, 7) is 5.81. The van der Waals surface area contributed by atoms with Gasteiger partial charge in [0.05, 0.1) is 17.6 Å². The van der Waals surface area contributed by atoms with Crippen LogP contribution in [-0.4, -0.2) is 28.0 Å². The van der Waals surface area contributed by atoms with E-state index < -0.39 is 23.8 Å². The first-order valence-corrected chi connectivity index (χ1v) is 8.60. The summed E-state index contributed by atoms with van der Waals surface area (Å²) in [5, 5.41) is 6.48.